The average Bonchev–Trinajstić information content (AvgIpc) is 2.69. The number of hydrogen-bond acceptors (Lipinski definition) is 5. The van der Waals surface area contributed by atoms with Crippen LogP contribution in [0.5, 0.6) is 5.75 Å². The Bertz CT molecular complexity index is 1140. The van der Waals surface area contributed by atoms with Gasteiger partial charge in [0.15, 0.2) is 0 Å². The molecule has 1 aromatic heterocycles. The van der Waals surface area contributed by atoms with Gasteiger partial charge in [0, 0.05) is 18.2 Å². The molecule has 0 atom stereocenters. The van der Waals surface area contributed by atoms with E-state index < -0.39 is 15.8 Å². The standard InChI is InChI=1S/C20H20FN3O4S/c1-28-18-7-5-16(6-8-18)19-9-10-20(25)24(23-19)12-11-22-29(26,27)14-15-3-2-4-17(21)13-15/h2-10,13,22H,11-12,14H2,1H3. The first-order chi connectivity index (χ1) is 13.9. The number of nitrogens with zero attached hydrogens (tertiary/aromatic N) is 2. The second-order valence-corrected chi connectivity index (χ2v) is 8.10. The van der Waals surface area contributed by atoms with E-state index in [1.54, 1.807) is 25.3 Å². The summed E-state index contributed by atoms with van der Waals surface area (Å²) in [5.41, 5.74) is 1.38. The van der Waals surface area contributed by atoms with Crippen molar-refractivity contribution in [3.8, 4) is 17.0 Å². The maximum absolute atomic E-state index is 13.2. The van der Waals surface area contributed by atoms with Gasteiger partial charge in [0.1, 0.15) is 11.6 Å². The van der Waals surface area contributed by atoms with Crippen LogP contribution in [0, 0.1) is 5.82 Å². The van der Waals surface area contributed by atoms with E-state index >= 15 is 0 Å². The first kappa shape index (κ1) is 20.7. The minimum Gasteiger partial charge on any atom is -0.497 e. The lowest BCUT2D eigenvalue weighted by molar-refractivity contribution is 0.415. The molecule has 0 spiro atoms. The predicted octanol–water partition coefficient (Wildman–Crippen LogP) is 2.18. The van der Waals surface area contributed by atoms with Crippen molar-refractivity contribution >= 4 is 10.0 Å². The molecule has 0 saturated carbocycles. The van der Waals surface area contributed by atoms with Crippen LogP contribution in [0.15, 0.2) is 65.5 Å². The molecule has 0 unspecified atom stereocenters. The number of aromatic nitrogens is 2. The van der Waals surface area contributed by atoms with E-state index in [1.165, 1.54) is 35.0 Å². The summed E-state index contributed by atoms with van der Waals surface area (Å²) >= 11 is 0. The summed E-state index contributed by atoms with van der Waals surface area (Å²) in [5, 5.41) is 4.29. The van der Waals surface area contributed by atoms with Crippen molar-refractivity contribution in [3.05, 3.63) is 82.4 Å². The van der Waals surface area contributed by atoms with Gasteiger partial charge in [0.2, 0.25) is 10.0 Å². The number of nitrogens with one attached hydrogen (secondary N) is 1. The fourth-order valence-electron chi connectivity index (χ4n) is 2.73. The summed E-state index contributed by atoms with van der Waals surface area (Å²) in [6, 6.07) is 15.6. The lowest BCUT2D eigenvalue weighted by Crippen LogP contribution is -2.32. The third-order valence-electron chi connectivity index (χ3n) is 4.14. The summed E-state index contributed by atoms with van der Waals surface area (Å²) in [6.45, 7) is 0.0435. The zero-order valence-corrected chi connectivity index (χ0v) is 16.5. The Labute approximate surface area is 167 Å². The van der Waals surface area contributed by atoms with Gasteiger partial charge in [0.25, 0.3) is 5.56 Å². The van der Waals surface area contributed by atoms with Crippen LogP contribution in [0.3, 0.4) is 0 Å². The number of methoxy groups -OCH3 is 1. The van der Waals surface area contributed by atoms with Gasteiger partial charge in [-0.2, -0.15) is 5.10 Å². The lowest BCUT2D eigenvalue weighted by Gasteiger charge is -2.10. The van der Waals surface area contributed by atoms with Crippen molar-refractivity contribution in [2.75, 3.05) is 13.7 Å². The topological polar surface area (TPSA) is 90.3 Å². The summed E-state index contributed by atoms with van der Waals surface area (Å²) in [5.74, 6) is -0.141. The quantitative estimate of drug-likeness (QED) is 0.607. The van der Waals surface area contributed by atoms with Gasteiger partial charge in [-0.3, -0.25) is 4.79 Å². The van der Waals surface area contributed by atoms with E-state index in [0.29, 0.717) is 17.0 Å². The molecule has 3 aromatic rings. The van der Waals surface area contributed by atoms with Crippen molar-refractivity contribution < 1.29 is 17.5 Å². The van der Waals surface area contributed by atoms with E-state index in [-0.39, 0.29) is 24.4 Å². The Morgan fingerprint density at radius 3 is 2.55 bits per heavy atom. The Balaban J connectivity index is 1.66. The van der Waals surface area contributed by atoms with E-state index in [9.17, 15) is 17.6 Å². The first-order valence-corrected chi connectivity index (χ1v) is 10.5. The van der Waals surface area contributed by atoms with E-state index in [4.69, 9.17) is 4.74 Å². The average molecular weight is 417 g/mol. The van der Waals surface area contributed by atoms with Crippen LogP contribution in [0.1, 0.15) is 5.56 Å². The second-order valence-electron chi connectivity index (χ2n) is 6.29. The van der Waals surface area contributed by atoms with Crippen molar-refractivity contribution in [1.29, 1.82) is 0 Å². The van der Waals surface area contributed by atoms with Crippen molar-refractivity contribution in [2.45, 2.75) is 12.3 Å². The highest BCUT2D eigenvalue weighted by Crippen LogP contribution is 2.19. The molecule has 0 amide bonds. The molecule has 9 heteroatoms. The Kier molecular flexibility index (Phi) is 6.40. The normalized spacial score (nSPS) is 11.4. The SMILES string of the molecule is COc1ccc(-c2ccc(=O)n(CCNS(=O)(=O)Cc3cccc(F)c3)n2)cc1. The molecular formula is C20H20FN3O4S. The van der Waals surface area contributed by atoms with Gasteiger partial charge in [0.05, 0.1) is 25.1 Å². The second kappa shape index (κ2) is 8.97. The van der Waals surface area contributed by atoms with E-state index in [2.05, 4.69) is 9.82 Å². The molecule has 0 aliphatic heterocycles. The monoisotopic (exact) mass is 417 g/mol. The molecule has 0 bridgehead atoms. The van der Waals surface area contributed by atoms with Gasteiger partial charge in [-0.05, 0) is 48.0 Å². The van der Waals surface area contributed by atoms with Crippen LogP contribution in [-0.4, -0.2) is 31.9 Å². The molecule has 0 fully saturated rings. The molecule has 0 radical (unpaired) electrons. The summed E-state index contributed by atoms with van der Waals surface area (Å²) in [6.07, 6.45) is 0. The minimum absolute atomic E-state index is 0.0172. The maximum Gasteiger partial charge on any atom is 0.266 e. The van der Waals surface area contributed by atoms with Crippen LogP contribution in [-0.2, 0) is 22.3 Å². The Morgan fingerprint density at radius 2 is 1.86 bits per heavy atom. The Hall–Kier alpha value is -3.04. The third-order valence-corrected chi connectivity index (χ3v) is 5.50. The molecular weight excluding hydrogens is 397 g/mol. The van der Waals surface area contributed by atoms with Gasteiger partial charge in [-0.15, -0.1) is 0 Å². The minimum atomic E-state index is -3.68. The molecule has 0 aliphatic rings. The molecule has 0 aliphatic carbocycles. The zero-order chi connectivity index (χ0) is 20.9. The van der Waals surface area contributed by atoms with Gasteiger partial charge < -0.3 is 4.74 Å². The summed E-state index contributed by atoms with van der Waals surface area (Å²) in [4.78, 5) is 12.0. The molecule has 2 aromatic carbocycles. The number of hydrogen-bond donors (Lipinski definition) is 1. The molecule has 1 heterocycles. The molecule has 3 rings (SSSR count). The third kappa shape index (κ3) is 5.72. The van der Waals surface area contributed by atoms with Crippen LogP contribution >= 0.6 is 0 Å². The summed E-state index contributed by atoms with van der Waals surface area (Å²) in [7, 11) is -2.11. The molecule has 0 saturated heterocycles. The van der Waals surface area contributed by atoms with Crippen LogP contribution < -0.4 is 15.0 Å². The van der Waals surface area contributed by atoms with Gasteiger partial charge in [-0.1, -0.05) is 12.1 Å². The first-order valence-electron chi connectivity index (χ1n) is 8.81. The van der Waals surface area contributed by atoms with Crippen LogP contribution in [0.2, 0.25) is 0 Å². The van der Waals surface area contributed by atoms with Gasteiger partial charge in [-0.25, -0.2) is 22.2 Å². The van der Waals surface area contributed by atoms with Crippen LogP contribution in [0.4, 0.5) is 4.39 Å². The van der Waals surface area contributed by atoms with E-state index in [0.717, 1.165) is 5.56 Å². The smallest absolute Gasteiger partial charge is 0.266 e. The van der Waals surface area contributed by atoms with E-state index in [1.807, 2.05) is 12.1 Å². The van der Waals surface area contributed by atoms with Crippen LogP contribution in [0.25, 0.3) is 11.3 Å². The lowest BCUT2D eigenvalue weighted by atomic mass is 10.1. The molecule has 7 nitrogen and oxygen atoms in total. The van der Waals surface area contributed by atoms with Crippen molar-refractivity contribution in [1.82, 2.24) is 14.5 Å². The summed E-state index contributed by atoms with van der Waals surface area (Å²) < 4.78 is 46.3. The number of rotatable bonds is 8. The highest BCUT2D eigenvalue weighted by atomic mass is 32.2. The van der Waals surface area contributed by atoms with Crippen molar-refractivity contribution in [3.63, 3.8) is 0 Å². The zero-order valence-electron chi connectivity index (χ0n) is 15.7. The molecule has 152 valence electrons. The number of halogens is 1. The number of ether oxygens (including phenoxy) is 1. The van der Waals surface area contributed by atoms with Crippen molar-refractivity contribution in [2.24, 2.45) is 0 Å². The number of benzene rings is 2. The fraction of sp³-hybridized carbons (Fsp3) is 0.200. The fourth-order valence-corrected chi connectivity index (χ4v) is 3.85. The number of sulfonamides is 1. The largest absolute Gasteiger partial charge is 0.497 e. The van der Waals surface area contributed by atoms with Gasteiger partial charge >= 0.3 is 0 Å². The molecule has 1 N–H and O–H groups in total. The highest BCUT2D eigenvalue weighted by Gasteiger charge is 2.12. The molecule has 29 heavy (non-hydrogen) atoms. The Morgan fingerprint density at radius 1 is 1.10 bits per heavy atom. The predicted molar refractivity (Wildman–Crippen MR) is 108 cm³/mol. The maximum atomic E-state index is 13.2. The highest BCUT2D eigenvalue weighted by molar-refractivity contribution is 7.88.